The first-order valence-electron chi connectivity index (χ1n) is 8.90. The second-order valence-corrected chi connectivity index (χ2v) is 6.40. The third kappa shape index (κ3) is 5.76. The number of hydrogen-bond donors (Lipinski definition) is 1. The average Bonchev–Trinajstić information content (AvgIpc) is 2.67. The quantitative estimate of drug-likeness (QED) is 0.827. The van der Waals surface area contributed by atoms with Crippen LogP contribution in [0.3, 0.4) is 0 Å². The minimum absolute atomic E-state index is 0.0253. The molecular formula is C21H22FN3O2. The highest BCUT2D eigenvalue weighted by molar-refractivity contribution is 5.93. The molecule has 1 heterocycles. The van der Waals surface area contributed by atoms with Crippen molar-refractivity contribution in [3.05, 3.63) is 72.1 Å². The van der Waals surface area contributed by atoms with Crippen LogP contribution in [0.2, 0.25) is 0 Å². The molecule has 0 spiro atoms. The van der Waals surface area contributed by atoms with Crippen molar-refractivity contribution in [2.75, 3.05) is 38.0 Å². The Morgan fingerprint density at radius 1 is 1.00 bits per heavy atom. The van der Waals surface area contributed by atoms with E-state index in [9.17, 15) is 14.0 Å². The van der Waals surface area contributed by atoms with E-state index in [4.69, 9.17) is 0 Å². The first-order chi connectivity index (χ1) is 13.1. The van der Waals surface area contributed by atoms with E-state index >= 15 is 0 Å². The Hall–Kier alpha value is -2.99. The molecule has 140 valence electrons. The molecule has 1 fully saturated rings. The lowest BCUT2D eigenvalue weighted by Gasteiger charge is -2.33. The molecule has 27 heavy (non-hydrogen) atoms. The van der Waals surface area contributed by atoms with Crippen LogP contribution in [-0.4, -0.2) is 54.3 Å². The summed E-state index contributed by atoms with van der Waals surface area (Å²) in [4.78, 5) is 28.1. The first-order valence-corrected chi connectivity index (χ1v) is 8.90. The van der Waals surface area contributed by atoms with Crippen LogP contribution in [0.15, 0.2) is 60.7 Å². The second-order valence-electron chi connectivity index (χ2n) is 6.40. The zero-order chi connectivity index (χ0) is 19.1. The van der Waals surface area contributed by atoms with Gasteiger partial charge in [0.25, 0.3) is 0 Å². The lowest BCUT2D eigenvalue weighted by Crippen LogP contribution is -2.50. The summed E-state index contributed by atoms with van der Waals surface area (Å²) in [5, 5.41) is 2.69. The van der Waals surface area contributed by atoms with E-state index in [2.05, 4.69) is 5.32 Å². The Balaban J connectivity index is 1.43. The van der Waals surface area contributed by atoms with Crippen molar-refractivity contribution in [2.45, 2.75) is 0 Å². The highest BCUT2D eigenvalue weighted by Gasteiger charge is 2.21. The smallest absolute Gasteiger partial charge is 0.246 e. The molecule has 1 N–H and O–H groups in total. The van der Waals surface area contributed by atoms with Gasteiger partial charge in [-0.1, -0.05) is 36.4 Å². The fourth-order valence-corrected chi connectivity index (χ4v) is 2.93. The van der Waals surface area contributed by atoms with Gasteiger partial charge in [0.1, 0.15) is 5.82 Å². The zero-order valence-corrected chi connectivity index (χ0v) is 15.0. The molecule has 1 aliphatic heterocycles. The molecule has 0 radical (unpaired) electrons. The maximum Gasteiger partial charge on any atom is 0.246 e. The largest absolute Gasteiger partial charge is 0.337 e. The number of anilines is 1. The Labute approximate surface area is 158 Å². The van der Waals surface area contributed by atoms with Gasteiger partial charge in [-0.15, -0.1) is 0 Å². The van der Waals surface area contributed by atoms with Gasteiger partial charge >= 0.3 is 0 Å². The third-order valence-electron chi connectivity index (χ3n) is 4.38. The maximum atomic E-state index is 13.2. The van der Waals surface area contributed by atoms with E-state index in [-0.39, 0.29) is 24.2 Å². The topological polar surface area (TPSA) is 52.7 Å². The van der Waals surface area contributed by atoms with Crippen LogP contribution >= 0.6 is 0 Å². The number of nitrogens with one attached hydrogen (secondary N) is 1. The third-order valence-corrected chi connectivity index (χ3v) is 4.38. The molecule has 2 aromatic carbocycles. The van der Waals surface area contributed by atoms with E-state index in [1.54, 1.807) is 29.2 Å². The monoisotopic (exact) mass is 367 g/mol. The van der Waals surface area contributed by atoms with E-state index in [1.807, 2.05) is 35.2 Å². The van der Waals surface area contributed by atoms with Crippen LogP contribution in [0.25, 0.3) is 6.08 Å². The van der Waals surface area contributed by atoms with Crippen molar-refractivity contribution in [3.63, 3.8) is 0 Å². The standard InChI is InChI=1S/C21H22FN3O2/c22-18-7-4-8-19(15-18)23-20(26)16-24-11-13-25(14-12-24)21(27)10-9-17-5-2-1-3-6-17/h1-10,15H,11-14,16H2,(H,23,26)/b10-9+. The van der Waals surface area contributed by atoms with Crippen LogP contribution in [0.4, 0.5) is 10.1 Å². The molecule has 0 aromatic heterocycles. The fourth-order valence-electron chi connectivity index (χ4n) is 2.93. The van der Waals surface area contributed by atoms with Gasteiger partial charge in [-0.25, -0.2) is 4.39 Å². The van der Waals surface area contributed by atoms with Crippen LogP contribution in [0.1, 0.15) is 5.56 Å². The van der Waals surface area contributed by atoms with Crippen LogP contribution in [-0.2, 0) is 9.59 Å². The molecule has 0 atom stereocenters. The predicted molar refractivity (Wildman–Crippen MR) is 104 cm³/mol. The van der Waals surface area contributed by atoms with Gasteiger partial charge in [-0.05, 0) is 29.8 Å². The van der Waals surface area contributed by atoms with Gasteiger partial charge in [0.2, 0.25) is 11.8 Å². The molecule has 0 aliphatic carbocycles. The highest BCUT2D eigenvalue weighted by atomic mass is 19.1. The Bertz CT molecular complexity index is 815. The van der Waals surface area contributed by atoms with E-state index in [1.165, 1.54) is 12.1 Å². The van der Waals surface area contributed by atoms with Gasteiger partial charge in [0, 0.05) is 37.9 Å². The fraction of sp³-hybridized carbons (Fsp3) is 0.238. The molecule has 3 rings (SSSR count). The van der Waals surface area contributed by atoms with Crippen molar-refractivity contribution in [2.24, 2.45) is 0 Å². The minimum Gasteiger partial charge on any atom is -0.337 e. The molecule has 5 nitrogen and oxygen atoms in total. The van der Waals surface area contributed by atoms with Gasteiger partial charge in [0.15, 0.2) is 0 Å². The van der Waals surface area contributed by atoms with Crippen LogP contribution in [0.5, 0.6) is 0 Å². The lowest BCUT2D eigenvalue weighted by molar-refractivity contribution is -0.127. The molecule has 0 bridgehead atoms. The minimum atomic E-state index is -0.386. The number of nitrogens with zero attached hydrogens (tertiary/aromatic N) is 2. The van der Waals surface area contributed by atoms with Gasteiger partial charge in [-0.2, -0.15) is 0 Å². The Kier molecular flexibility index (Phi) is 6.33. The molecule has 0 unspecified atom stereocenters. The lowest BCUT2D eigenvalue weighted by atomic mass is 10.2. The Morgan fingerprint density at radius 2 is 1.74 bits per heavy atom. The molecule has 1 aliphatic rings. The summed E-state index contributed by atoms with van der Waals surface area (Å²) in [7, 11) is 0. The van der Waals surface area contributed by atoms with Crippen molar-refractivity contribution in [1.82, 2.24) is 9.80 Å². The molecule has 1 saturated heterocycles. The van der Waals surface area contributed by atoms with Crippen molar-refractivity contribution >= 4 is 23.6 Å². The number of hydrogen-bond acceptors (Lipinski definition) is 3. The Morgan fingerprint density at radius 3 is 2.44 bits per heavy atom. The number of piperazine rings is 1. The molecule has 2 aromatic rings. The summed E-state index contributed by atoms with van der Waals surface area (Å²) >= 11 is 0. The van der Waals surface area contributed by atoms with Crippen molar-refractivity contribution in [3.8, 4) is 0 Å². The van der Waals surface area contributed by atoms with Gasteiger partial charge in [0.05, 0.1) is 6.54 Å². The summed E-state index contributed by atoms with van der Waals surface area (Å²) in [6, 6.07) is 15.5. The zero-order valence-electron chi connectivity index (χ0n) is 15.0. The highest BCUT2D eigenvalue weighted by Crippen LogP contribution is 2.10. The van der Waals surface area contributed by atoms with Crippen LogP contribution < -0.4 is 5.32 Å². The SMILES string of the molecule is O=C(CN1CCN(C(=O)/C=C/c2ccccc2)CC1)Nc1cccc(F)c1. The molecular weight excluding hydrogens is 345 g/mol. The van der Waals surface area contributed by atoms with Crippen molar-refractivity contribution in [1.29, 1.82) is 0 Å². The summed E-state index contributed by atoms with van der Waals surface area (Å²) in [5.74, 6) is -0.601. The number of amides is 2. The summed E-state index contributed by atoms with van der Waals surface area (Å²) in [6.07, 6.45) is 3.39. The average molecular weight is 367 g/mol. The molecule has 0 saturated carbocycles. The normalized spacial score (nSPS) is 15.1. The van der Waals surface area contributed by atoms with Crippen LogP contribution in [0, 0.1) is 5.82 Å². The number of halogens is 1. The molecule has 6 heteroatoms. The summed E-state index contributed by atoms with van der Waals surface area (Å²) in [5.41, 5.74) is 1.43. The van der Waals surface area contributed by atoms with Gasteiger partial charge < -0.3 is 10.2 Å². The number of carbonyl (C=O) groups is 2. The summed E-state index contributed by atoms with van der Waals surface area (Å²) in [6.45, 7) is 2.62. The number of benzene rings is 2. The van der Waals surface area contributed by atoms with E-state index in [0.29, 0.717) is 31.9 Å². The van der Waals surface area contributed by atoms with E-state index < -0.39 is 0 Å². The van der Waals surface area contributed by atoms with Gasteiger partial charge in [-0.3, -0.25) is 14.5 Å². The maximum absolute atomic E-state index is 13.2. The summed E-state index contributed by atoms with van der Waals surface area (Å²) < 4.78 is 13.2. The first kappa shape index (κ1) is 18.8. The van der Waals surface area contributed by atoms with E-state index in [0.717, 1.165) is 5.56 Å². The second kappa shape index (κ2) is 9.09. The number of rotatable bonds is 5. The van der Waals surface area contributed by atoms with Crippen molar-refractivity contribution < 1.29 is 14.0 Å². The molecule has 2 amide bonds. The number of carbonyl (C=O) groups excluding carboxylic acids is 2. The predicted octanol–water partition coefficient (Wildman–Crippen LogP) is 2.62.